The second-order valence-corrected chi connectivity index (χ2v) is 7.80. The molecule has 0 radical (unpaired) electrons. The van der Waals surface area contributed by atoms with Crippen LogP contribution in [0.1, 0.15) is 46.3 Å². The van der Waals surface area contributed by atoms with Crippen LogP contribution in [0.5, 0.6) is 0 Å². The molecule has 2 aromatic rings. The fourth-order valence-corrected chi connectivity index (χ4v) is 4.22. The zero-order chi connectivity index (χ0) is 18.3. The predicted molar refractivity (Wildman–Crippen MR) is 102 cm³/mol. The second-order valence-electron chi connectivity index (χ2n) is 6.89. The number of hydrogen-bond acceptors (Lipinski definition) is 4. The van der Waals surface area contributed by atoms with E-state index in [2.05, 4.69) is 26.4 Å². The van der Waals surface area contributed by atoms with Gasteiger partial charge in [0.15, 0.2) is 5.78 Å². The number of benzene rings is 2. The van der Waals surface area contributed by atoms with Crippen molar-refractivity contribution in [1.29, 1.82) is 0 Å². The number of ketones is 1. The van der Waals surface area contributed by atoms with Gasteiger partial charge in [-0.25, -0.2) is 0 Å². The molecule has 26 heavy (non-hydrogen) atoms. The molecule has 6 heteroatoms. The Kier molecular flexibility index (Phi) is 4.23. The van der Waals surface area contributed by atoms with Crippen molar-refractivity contribution in [3.63, 3.8) is 0 Å². The number of hydrogen-bond donors (Lipinski definition) is 1. The van der Waals surface area contributed by atoms with Crippen molar-refractivity contribution in [2.75, 3.05) is 5.32 Å². The number of fused-ring (bicyclic) bond motifs is 2. The minimum Gasteiger partial charge on any atom is -0.323 e. The number of nitrogens with one attached hydrogen (secondary N) is 1. The number of aryl methyl sites for hydroxylation is 2. The van der Waals surface area contributed by atoms with E-state index in [0.29, 0.717) is 16.8 Å². The molecule has 5 nitrogen and oxygen atoms in total. The van der Waals surface area contributed by atoms with Crippen LogP contribution in [-0.4, -0.2) is 11.7 Å². The molecule has 0 fully saturated rings. The summed E-state index contributed by atoms with van der Waals surface area (Å²) < 4.78 is 0.724. The van der Waals surface area contributed by atoms with Gasteiger partial charge in [0.05, 0.1) is 6.42 Å². The number of anilines is 1. The van der Waals surface area contributed by atoms with Crippen LogP contribution < -0.4 is 5.32 Å². The molecular weight excluding hydrogens is 396 g/mol. The molecule has 4 rings (SSSR count). The molecule has 1 N–H and O–H groups in total. The summed E-state index contributed by atoms with van der Waals surface area (Å²) in [5.74, 6) is -0.798. The van der Waals surface area contributed by atoms with Crippen LogP contribution in [0.2, 0.25) is 0 Å². The van der Waals surface area contributed by atoms with E-state index in [0.717, 1.165) is 23.7 Å². The van der Waals surface area contributed by atoms with E-state index in [1.807, 2.05) is 12.1 Å². The Balaban J connectivity index is 1.69. The number of nitrogens with zero attached hydrogens (tertiary/aromatic N) is 1. The number of Topliss-reactive ketones (excluding diaryl/α,β-unsaturated/α-hetero) is 1. The highest BCUT2D eigenvalue weighted by atomic mass is 79.9. The van der Waals surface area contributed by atoms with Crippen molar-refractivity contribution in [3.05, 3.63) is 68.0 Å². The Hall–Kier alpha value is -2.34. The second kappa shape index (κ2) is 6.43. The monoisotopic (exact) mass is 412 g/mol. The van der Waals surface area contributed by atoms with E-state index in [4.69, 9.17) is 0 Å². The van der Waals surface area contributed by atoms with Crippen LogP contribution in [0.15, 0.2) is 46.0 Å². The van der Waals surface area contributed by atoms with E-state index >= 15 is 0 Å². The summed E-state index contributed by atoms with van der Waals surface area (Å²) in [7, 11) is 0. The standard InChI is InChI=1S/C20H17BrN2O3/c21-15-7-8-17-16(10-15)20(23-26,19(25)22-17)11-18(24)14-6-5-12-3-1-2-4-13(12)9-14/h5-10H,1-4,11H2,(H,22,25). The third kappa shape index (κ3) is 2.69. The van der Waals surface area contributed by atoms with Gasteiger partial charge in [-0.3, -0.25) is 9.59 Å². The number of halogens is 1. The lowest BCUT2D eigenvalue weighted by atomic mass is 9.84. The lowest BCUT2D eigenvalue weighted by Gasteiger charge is -2.20. The van der Waals surface area contributed by atoms with Gasteiger partial charge in [0.2, 0.25) is 5.54 Å². The predicted octanol–water partition coefficient (Wildman–Crippen LogP) is 4.51. The van der Waals surface area contributed by atoms with Crippen molar-refractivity contribution >= 4 is 33.3 Å². The fraction of sp³-hybridized carbons (Fsp3) is 0.300. The molecule has 1 atom stereocenters. The van der Waals surface area contributed by atoms with Gasteiger partial charge in [0.25, 0.3) is 5.91 Å². The average molecular weight is 413 g/mol. The normalized spacial score (nSPS) is 20.9. The number of rotatable bonds is 4. The Bertz CT molecular complexity index is 941. The van der Waals surface area contributed by atoms with E-state index in [-0.39, 0.29) is 12.2 Å². The van der Waals surface area contributed by atoms with Crippen molar-refractivity contribution in [3.8, 4) is 0 Å². The lowest BCUT2D eigenvalue weighted by Crippen LogP contribution is -2.34. The van der Waals surface area contributed by atoms with Gasteiger partial charge in [0, 0.05) is 21.3 Å². The highest BCUT2D eigenvalue weighted by Crippen LogP contribution is 2.43. The topological polar surface area (TPSA) is 75.6 Å². The largest absolute Gasteiger partial charge is 0.323 e. The minimum absolute atomic E-state index is 0.249. The zero-order valence-electron chi connectivity index (χ0n) is 14.0. The summed E-state index contributed by atoms with van der Waals surface area (Å²) in [4.78, 5) is 37.2. The Morgan fingerprint density at radius 1 is 1.12 bits per heavy atom. The zero-order valence-corrected chi connectivity index (χ0v) is 15.6. The van der Waals surface area contributed by atoms with E-state index in [1.165, 1.54) is 17.5 Å². The van der Waals surface area contributed by atoms with Crippen LogP contribution in [0, 0.1) is 4.91 Å². The summed E-state index contributed by atoms with van der Waals surface area (Å²) in [5.41, 5.74) is 2.25. The average Bonchev–Trinajstić information content (AvgIpc) is 2.92. The first-order valence-corrected chi connectivity index (χ1v) is 9.44. The maximum absolute atomic E-state index is 12.9. The first-order chi connectivity index (χ1) is 12.5. The molecule has 0 aromatic heterocycles. The lowest BCUT2D eigenvalue weighted by molar-refractivity contribution is -0.120. The van der Waals surface area contributed by atoms with Gasteiger partial charge < -0.3 is 5.32 Å². The molecule has 0 bridgehead atoms. The molecule has 0 saturated carbocycles. The Labute approximate surface area is 159 Å². The Morgan fingerprint density at radius 3 is 2.65 bits per heavy atom. The van der Waals surface area contributed by atoms with Crippen LogP contribution in [0.4, 0.5) is 5.69 Å². The van der Waals surface area contributed by atoms with Gasteiger partial charge in [-0.15, -0.1) is 4.91 Å². The maximum atomic E-state index is 12.9. The van der Waals surface area contributed by atoms with Crippen LogP contribution in [0.25, 0.3) is 0 Å². The first-order valence-electron chi connectivity index (χ1n) is 8.64. The minimum atomic E-state index is -1.72. The maximum Gasteiger partial charge on any atom is 0.261 e. The van der Waals surface area contributed by atoms with E-state index in [9.17, 15) is 14.5 Å². The van der Waals surface area contributed by atoms with Crippen LogP contribution in [0.3, 0.4) is 0 Å². The summed E-state index contributed by atoms with van der Waals surface area (Å²) in [5, 5.41) is 5.80. The summed E-state index contributed by atoms with van der Waals surface area (Å²) >= 11 is 3.35. The van der Waals surface area contributed by atoms with Gasteiger partial charge in [-0.1, -0.05) is 28.1 Å². The molecule has 1 amide bonds. The first kappa shape index (κ1) is 17.1. The van der Waals surface area contributed by atoms with Crippen molar-refractivity contribution in [2.45, 2.75) is 37.6 Å². The molecule has 1 aliphatic carbocycles. The smallest absolute Gasteiger partial charge is 0.261 e. The fourth-order valence-electron chi connectivity index (χ4n) is 3.86. The molecule has 0 spiro atoms. The molecule has 2 aromatic carbocycles. The molecular formula is C20H17BrN2O3. The third-order valence-corrected chi connectivity index (χ3v) is 5.79. The third-order valence-electron chi connectivity index (χ3n) is 5.29. The van der Waals surface area contributed by atoms with Crippen LogP contribution >= 0.6 is 15.9 Å². The van der Waals surface area contributed by atoms with Gasteiger partial charge >= 0.3 is 0 Å². The SMILES string of the molecule is O=NC1(CC(=O)c2ccc3c(c2)CCCC3)C(=O)Nc2ccc(Br)cc21. The summed E-state index contributed by atoms with van der Waals surface area (Å²) in [6.45, 7) is 0. The molecule has 0 saturated heterocycles. The molecule has 1 heterocycles. The quantitative estimate of drug-likeness (QED) is 0.592. The van der Waals surface area contributed by atoms with E-state index < -0.39 is 11.4 Å². The Morgan fingerprint density at radius 2 is 1.88 bits per heavy atom. The molecule has 1 aliphatic heterocycles. The van der Waals surface area contributed by atoms with E-state index in [1.54, 1.807) is 24.3 Å². The number of nitroso groups, excluding NO2 is 1. The van der Waals surface area contributed by atoms with Crippen LogP contribution in [-0.2, 0) is 23.2 Å². The summed E-state index contributed by atoms with van der Waals surface area (Å²) in [6, 6.07) is 10.8. The summed E-state index contributed by atoms with van der Waals surface area (Å²) in [6.07, 6.45) is 4.01. The van der Waals surface area contributed by atoms with Gasteiger partial charge in [-0.05, 0) is 66.3 Å². The van der Waals surface area contributed by atoms with Gasteiger partial charge in [-0.2, -0.15) is 0 Å². The molecule has 1 unspecified atom stereocenters. The molecule has 2 aliphatic rings. The number of carbonyl (C=O) groups is 2. The molecule has 132 valence electrons. The number of carbonyl (C=O) groups excluding carboxylic acids is 2. The van der Waals surface area contributed by atoms with Gasteiger partial charge in [0.1, 0.15) is 0 Å². The van der Waals surface area contributed by atoms with Crippen molar-refractivity contribution in [2.24, 2.45) is 5.18 Å². The highest BCUT2D eigenvalue weighted by molar-refractivity contribution is 9.10. The number of amides is 1. The van der Waals surface area contributed by atoms with Crippen molar-refractivity contribution in [1.82, 2.24) is 0 Å². The highest BCUT2D eigenvalue weighted by Gasteiger charge is 2.50. The van der Waals surface area contributed by atoms with Crippen molar-refractivity contribution < 1.29 is 9.59 Å².